The second-order valence-corrected chi connectivity index (χ2v) is 6.15. The van der Waals surface area contributed by atoms with Crippen LogP contribution in [-0.2, 0) is 23.9 Å². The van der Waals surface area contributed by atoms with Gasteiger partial charge in [-0.15, -0.1) is 0 Å². The van der Waals surface area contributed by atoms with Crippen LogP contribution in [0.15, 0.2) is 36.5 Å². The second kappa shape index (κ2) is 6.92. The molecule has 0 atom stereocenters. The van der Waals surface area contributed by atoms with E-state index >= 15 is 0 Å². The molecule has 1 N–H and O–H groups in total. The molecule has 132 valence electrons. The third kappa shape index (κ3) is 4.04. The predicted molar refractivity (Wildman–Crippen MR) is 88.3 cm³/mol. The molecule has 1 aliphatic rings. The zero-order chi connectivity index (χ0) is 18.0. The number of nitrogens with one attached hydrogen (secondary N) is 1. The standard InChI is InChI=1S/C17H15ClF3N3O/c18-14-7-13(17(19,20)21)8-22-16(14)23-9-15(25)24-6-5-11-3-1-2-4-12(11)10-24/h1-4,7-8H,5-6,9-10H2,(H,22,23). The Balaban J connectivity index is 1.62. The number of halogens is 4. The van der Waals surface area contributed by atoms with Crippen molar-refractivity contribution in [3.63, 3.8) is 0 Å². The Labute approximate surface area is 147 Å². The van der Waals surface area contributed by atoms with Crippen LogP contribution in [-0.4, -0.2) is 28.9 Å². The van der Waals surface area contributed by atoms with Crippen molar-refractivity contribution in [2.24, 2.45) is 0 Å². The van der Waals surface area contributed by atoms with E-state index in [4.69, 9.17) is 11.6 Å². The van der Waals surface area contributed by atoms with Crippen LogP contribution in [0.25, 0.3) is 0 Å². The first kappa shape index (κ1) is 17.5. The molecular formula is C17H15ClF3N3O. The van der Waals surface area contributed by atoms with Gasteiger partial charge in [0.15, 0.2) is 0 Å². The number of nitrogens with zero attached hydrogens (tertiary/aromatic N) is 2. The fourth-order valence-electron chi connectivity index (χ4n) is 2.70. The van der Waals surface area contributed by atoms with Gasteiger partial charge in [-0.3, -0.25) is 4.79 Å². The van der Waals surface area contributed by atoms with Crippen molar-refractivity contribution in [3.05, 3.63) is 58.2 Å². The molecule has 2 heterocycles. The quantitative estimate of drug-likeness (QED) is 0.896. The highest BCUT2D eigenvalue weighted by Crippen LogP contribution is 2.32. The summed E-state index contributed by atoms with van der Waals surface area (Å²) in [6.45, 7) is 1.04. The maximum atomic E-state index is 12.6. The molecule has 0 unspecified atom stereocenters. The molecule has 0 fully saturated rings. The van der Waals surface area contributed by atoms with Crippen molar-refractivity contribution in [2.45, 2.75) is 19.1 Å². The number of benzene rings is 1. The Morgan fingerprint density at radius 1 is 1.28 bits per heavy atom. The number of hydrogen-bond acceptors (Lipinski definition) is 3. The molecule has 25 heavy (non-hydrogen) atoms. The molecule has 0 saturated carbocycles. The summed E-state index contributed by atoms with van der Waals surface area (Å²) >= 11 is 5.82. The zero-order valence-corrected chi connectivity index (χ0v) is 13.9. The summed E-state index contributed by atoms with van der Waals surface area (Å²) in [5, 5.41) is 2.54. The number of aromatic nitrogens is 1. The molecule has 1 aromatic carbocycles. The van der Waals surface area contributed by atoms with Crippen LogP contribution in [0.2, 0.25) is 5.02 Å². The van der Waals surface area contributed by atoms with Crippen molar-refractivity contribution in [1.82, 2.24) is 9.88 Å². The minimum atomic E-state index is -4.51. The van der Waals surface area contributed by atoms with E-state index in [9.17, 15) is 18.0 Å². The number of carbonyl (C=O) groups is 1. The molecule has 0 spiro atoms. The number of amides is 1. The average Bonchev–Trinajstić information content (AvgIpc) is 2.59. The van der Waals surface area contributed by atoms with E-state index in [0.29, 0.717) is 19.3 Å². The highest BCUT2D eigenvalue weighted by molar-refractivity contribution is 6.33. The lowest BCUT2D eigenvalue weighted by atomic mass is 10.00. The molecule has 8 heteroatoms. The van der Waals surface area contributed by atoms with Crippen LogP contribution in [0.1, 0.15) is 16.7 Å². The Hall–Kier alpha value is -2.28. The predicted octanol–water partition coefficient (Wildman–Crippen LogP) is 3.75. The molecule has 0 radical (unpaired) electrons. The lowest BCUT2D eigenvalue weighted by Gasteiger charge is -2.29. The first-order valence-corrected chi connectivity index (χ1v) is 8.03. The van der Waals surface area contributed by atoms with Crippen molar-refractivity contribution in [1.29, 1.82) is 0 Å². The molecule has 1 aliphatic heterocycles. The lowest BCUT2D eigenvalue weighted by molar-refractivity contribution is -0.137. The Morgan fingerprint density at radius 2 is 2.00 bits per heavy atom. The van der Waals surface area contributed by atoms with Gasteiger partial charge in [0.25, 0.3) is 0 Å². The SMILES string of the molecule is O=C(CNc1ncc(C(F)(F)F)cc1Cl)N1CCc2ccccc2C1. The van der Waals surface area contributed by atoms with Crippen molar-refractivity contribution in [3.8, 4) is 0 Å². The Bertz CT molecular complexity index is 795. The van der Waals surface area contributed by atoms with Gasteiger partial charge in [-0.05, 0) is 23.6 Å². The fraction of sp³-hybridized carbons (Fsp3) is 0.294. The monoisotopic (exact) mass is 369 g/mol. The van der Waals surface area contributed by atoms with Gasteiger partial charge in [0.1, 0.15) is 5.82 Å². The van der Waals surface area contributed by atoms with Crippen molar-refractivity contribution < 1.29 is 18.0 Å². The Kier molecular flexibility index (Phi) is 4.85. The van der Waals surface area contributed by atoms with Gasteiger partial charge in [0, 0.05) is 19.3 Å². The lowest BCUT2D eigenvalue weighted by Crippen LogP contribution is -2.39. The summed E-state index contributed by atoms with van der Waals surface area (Å²) in [5.74, 6) is -0.104. The van der Waals surface area contributed by atoms with Gasteiger partial charge in [0.2, 0.25) is 5.91 Å². The average molecular weight is 370 g/mol. The maximum Gasteiger partial charge on any atom is 0.417 e. The van der Waals surface area contributed by atoms with E-state index < -0.39 is 11.7 Å². The van der Waals surface area contributed by atoms with Gasteiger partial charge in [0.05, 0.1) is 17.1 Å². The van der Waals surface area contributed by atoms with Gasteiger partial charge in [-0.2, -0.15) is 13.2 Å². The summed E-state index contributed by atoms with van der Waals surface area (Å²) in [4.78, 5) is 17.7. The number of hydrogen-bond donors (Lipinski definition) is 1. The van der Waals surface area contributed by atoms with Crippen molar-refractivity contribution >= 4 is 23.3 Å². The van der Waals surface area contributed by atoms with Gasteiger partial charge >= 0.3 is 6.18 Å². The summed E-state index contributed by atoms with van der Waals surface area (Å²) in [5.41, 5.74) is 1.40. The Morgan fingerprint density at radius 3 is 2.68 bits per heavy atom. The number of anilines is 1. The van der Waals surface area contributed by atoms with E-state index in [0.717, 1.165) is 18.1 Å². The van der Waals surface area contributed by atoms with Crippen LogP contribution >= 0.6 is 11.6 Å². The number of alkyl halides is 3. The fourth-order valence-corrected chi connectivity index (χ4v) is 2.94. The van der Waals surface area contributed by atoms with Crippen LogP contribution < -0.4 is 5.32 Å². The summed E-state index contributed by atoms with van der Waals surface area (Å²) in [6, 6.07) is 8.71. The smallest absolute Gasteiger partial charge is 0.360 e. The highest BCUT2D eigenvalue weighted by Gasteiger charge is 2.31. The summed E-state index contributed by atoms with van der Waals surface area (Å²) in [7, 11) is 0. The van der Waals surface area contributed by atoms with E-state index in [1.807, 2.05) is 24.3 Å². The van der Waals surface area contributed by atoms with Gasteiger partial charge < -0.3 is 10.2 Å². The molecule has 2 aromatic rings. The van der Waals surface area contributed by atoms with Gasteiger partial charge in [-0.1, -0.05) is 35.9 Å². The molecule has 0 aliphatic carbocycles. The number of pyridine rings is 1. The summed E-state index contributed by atoms with van der Waals surface area (Å²) in [6.07, 6.45) is -3.04. The second-order valence-electron chi connectivity index (χ2n) is 5.74. The van der Waals surface area contributed by atoms with Crippen LogP contribution in [0.3, 0.4) is 0 Å². The topological polar surface area (TPSA) is 45.2 Å². The van der Waals surface area contributed by atoms with E-state index in [-0.39, 0.29) is 23.3 Å². The molecule has 0 bridgehead atoms. The van der Waals surface area contributed by atoms with E-state index in [2.05, 4.69) is 10.3 Å². The minimum Gasteiger partial charge on any atom is -0.360 e. The maximum absolute atomic E-state index is 12.6. The normalized spacial score (nSPS) is 14.2. The number of rotatable bonds is 3. The van der Waals surface area contributed by atoms with E-state index in [1.165, 1.54) is 5.56 Å². The molecule has 3 rings (SSSR count). The number of fused-ring (bicyclic) bond motifs is 1. The minimum absolute atomic E-state index is 0.0560. The van der Waals surface area contributed by atoms with Gasteiger partial charge in [-0.25, -0.2) is 4.98 Å². The third-order valence-electron chi connectivity index (χ3n) is 4.06. The number of carbonyl (C=O) groups excluding carboxylic acids is 1. The first-order chi connectivity index (χ1) is 11.8. The third-order valence-corrected chi connectivity index (χ3v) is 4.35. The molecule has 0 saturated heterocycles. The molecule has 1 aromatic heterocycles. The van der Waals surface area contributed by atoms with Crippen molar-refractivity contribution in [2.75, 3.05) is 18.4 Å². The molecule has 4 nitrogen and oxygen atoms in total. The molecule has 1 amide bonds. The zero-order valence-electron chi connectivity index (χ0n) is 13.1. The highest BCUT2D eigenvalue weighted by atomic mass is 35.5. The van der Waals surface area contributed by atoms with E-state index in [1.54, 1.807) is 4.90 Å². The summed E-state index contributed by atoms with van der Waals surface area (Å²) < 4.78 is 37.8. The largest absolute Gasteiger partial charge is 0.417 e. The molecular weight excluding hydrogens is 355 g/mol. The van der Waals surface area contributed by atoms with Crippen LogP contribution in [0.4, 0.5) is 19.0 Å². The van der Waals surface area contributed by atoms with Crippen LogP contribution in [0.5, 0.6) is 0 Å². The van der Waals surface area contributed by atoms with Crippen LogP contribution in [0, 0.1) is 0 Å². The first-order valence-electron chi connectivity index (χ1n) is 7.66.